The Balaban J connectivity index is 1.52. The molecule has 1 saturated carbocycles. The van der Waals surface area contributed by atoms with E-state index in [2.05, 4.69) is 10.1 Å². The molecule has 1 aliphatic heterocycles. The van der Waals surface area contributed by atoms with E-state index >= 15 is 0 Å². The van der Waals surface area contributed by atoms with Gasteiger partial charge in [-0.25, -0.2) is 14.5 Å². The smallest absolute Gasteiger partial charge is 0.337 e. The summed E-state index contributed by atoms with van der Waals surface area (Å²) in [6.07, 6.45) is 3.41. The number of methoxy groups -OCH3 is 1. The highest BCUT2D eigenvalue weighted by Crippen LogP contribution is 2.34. The van der Waals surface area contributed by atoms with Gasteiger partial charge in [0.15, 0.2) is 0 Å². The number of ether oxygens (including phenoxy) is 1. The summed E-state index contributed by atoms with van der Waals surface area (Å²) < 4.78 is 4.67. The first-order valence-corrected chi connectivity index (χ1v) is 11.2. The molecule has 0 radical (unpaired) electrons. The molecular formula is C24H24ClN3O5. The zero-order valence-electron chi connectivity index (χ0n) is 18.1. The Labute approximate surface area is 196 Å². The maximum absolute atomic E-state index is 13.3. The maximum atomic E-state index is 13.3. The van der Waals surface area contributed by atoms with Gasteiger partial charge >= 0.3 is 12.0 Å². The van der Waals surface area contributed by atoms with E-state index in [1.807, 2.05) is 0 Å². The fourth-order valence-corrected chi connectivity index (χ4v) is 4.54. The number of esters is 1. The summed E-state index contributed by atoms with van der Waals surface area (Å²) in [6, 6.07) is 11.4. The molecule has 1 N–H and O–H groups in total. The summed E-state index contributed by atoms with van der Waals surface area (Å²) in [5.41, 5.74) is 1.27. The third kappa shape index (κ3) is 4.71. The van der Waals surface area contributed by atoms with Gasteiger partial charge in [0.2, 0.25) is 5.91 Å². The average Bonchev–Trinajstić information content (AvgIpc) is 3.41. The van der Waals surface area contributed by atoms with Crippen LogP contribution in [0.1, 0.15) is 42.5 Å². The molecule has 0 bridgehead atoms. The minimum atomic E-state index is -0.884. The van der Waals surface area contributed by atoms with E-state index in [4.69, 9.17) is 11.6 Å². The summed E-state index contributed by atoms with van der Waals surface area (Å²) in [4.78, 5) is 53.7. The van der Waals surface area contributed by atoms with Gasteiger partial charge in [-0.1, -0.05) is 24.4 Å². The highest BCUT2D eigenvalue weighted by Gasteiger charge is 2.49. The van der Waals surface area contributed by atoms with E-state index in [0.29, 0.717) is 22.0 Å². The topological polar surface area (TPSA) is 96.0 Å². The van der Waals surface area contributed by atoms with Crippen molar-refractivity contribution in [1.29, 1.82) is 0 Å². The summed E-state index contributed by atoms with van der Waals surface area (Å²) in [5, 5.41) is 3.24. The van der Waals surface area contributed by atoms with Crippen LogP contribution in [-0.4, -0.2) is 47.9 Å². The van der Waals surface area contributed by atoms with Gasteiger partial charge in [0, 0.05) is 16.8 Å². The number of halogens is 1. The zero-order chi connectivity index (χ0) is 23.5. The van der Waals surface area contributed by atoms with Crippen LogP contribution in [0.2, 0.25) is 5.02 Å². The van der Waals surface area contributed by atoms with Crippen LogP contribution in [0.4, 0.5) is 16.2 Å². The Morgan fingerprint density at radius 2 is 1.67 bits per heavy atom. The van der Waals surface area contributed by atoms with Gasteiger partial charge in [0.1, 0.15) is 6.04 Å². The molecule has 2 aliphatic rings. The van der Waals surface area contributed by atoms with E-state index in [-0.39, 0.29) is 12.5 Å². The molecule has 9 heteroatoms. The van der Waals surface area contributed by atoms with Crippen molar-refractivity contribution in [2.24, 2.45) is 0 Å². The molecule has 1 aliphatic carbocycles. The Hall–Kier alpha value is -3.39. The number of amides is 4. The Morgan fingerprint density at radius 1 is 1.03 bits per heavy atom. The van der Waals surface area contributed by atoms with E-state index in [9.17, 15) is 19.2 Å². The second-order valence-electron chi connectivity index (χ2n) is 8.12. The molecule has 2 aromatic carbocycles. The zero-order valence-corrected chi connectivity index (χ0v) is 18.9. The van der Waals surface area contributed by atoms with Crippen LogP contribution in [-0.2, 0) is 14.3 Å². The minimum Gasteiger partial charge on any atom is -0.465 e. The molecule has 1 heterocycles. The minimum absolute atomic E-state index is 0.0733. The molecule has 1 saturated heterocycles. The lowest BCUT2D eigenvalue weighted by atomic mass is 10.1. The number of imide groups is 1. The molecular weight excluding hydrogens is 446 g/mol. The van der Waals surface area contributed by atoms with Crippen LogP contribution in [0.5, 0.6) is 0 Å². The summed E-state index contributed by atoms with van der Waals surface area (Å²) in [5.74, 6) is -1.30. The fraction of sp³-hybridized carbons (Fsp3) is 0.333. The molecule has 4 amide bonds. The standard InChI is InChI=1S/C24H24ClN3O5/c1-33-23(31)15-6-10-17(11-7-15)26-21(29)14-20-22(30)28(19-12-8-16(25)9-13-19)24(32)27(20)18-4-2-3-5-18/h6-13,18,20H,2-5,14H2,1H3,(H,26,29)/t20-/m1/s1. The summed E-state index contributed by atoms with van der Waals surface area (Å²) in [7, 11) is 1.29. The normalized spacial score (nSPS) is 18.7. The van der Waals surface area contributed by atoms with Gasteiger partial charge in [0.25, 0.3) is 5.91 Å². The highest BCUT2D eigenvalue weighted by molar-refractivity contribution is 6.30. The van der Waals surface area contributed by atoms with Gasteiger partial charge in [-0.15, -0.1) is 0 Å². The van der Waals surface area contributed by atoms with Crippen LogP contribution < -0.4 is 10.2 Å². The number of carbonyl (C=O) groups is 4. The van der Waals surface area contributed by atoms with Gasteiger partial charge in [-0.3, -0.25) is 9.59 Å². The molecule has 4 rings (SSSR count). The van der Waals surface area contributed by atoms with E-state index in [0.717, 1.165) is 30.6 Å². The van der Waals surface area contributed by atoms with E-state index in [1.54, 1.807) is 53.4 Å². The lowest BCUT2D eigenvalue weighted by Gasteiger charge is -2.27. The van der Waals surface area contributed by atoms with Crippen LogP contribution in [0.15, 0.2) is 48.5 Å². The Bertz CT molecular complexity index is 1060. The van der Waals surface area contributed by atoms with Gasteiger partial charge in [-0.05, 0) is 61.4 Å². The van der Waals surface area contributed by atoms with E-state index in [1.165, 1.54) is 7.11 Å². The quantitative estimate of drug-likeness (QED) is 0.504. The predicted octanol–water partition coefficient (Wildman–Crippen LogP) is 4.24. The Morgan fingerprint density at radius 3 is 2.27 bits per heavy atom. The number of nitrogens with one attached hydrogen (secondary N) is 1. The number of hydrogen-bond acceptors (Lipinski definition) is 5. The number of urea groups is 1. The molecule has 1 atom stereocenters. The number of nitrogens with zero attached hydrogens (tertiary/aromatic N) is 2. The lowest BCUT2D eigenvalue weighted by molar-refractivity contribution is -0.124. The van der Waals surface area contributed by atoms with Crippen molar-refractivity contribution >= 4 is 46.8 Å². The number of rotatable bonds is 6. The largest absolute Gasteiger partial charge is 0.465 e. The van der Waals surface area contributed by atoms with Crippen molar-refractivity contribution in [3.8, 4) is 0 Å². The van der Waals surface area contributed by atoms with Crippen molar-refractivity contribution in [3.63, 3.8) is 0 Å². The molecule has 172 valence electrons. The summed E-state index contributed by atoms with van der Waals surface area (Å²) >= 11 is 5.96. The first kappa shape index (κ1) is 22.8. The summed E-state index contributed by atoms with van der Waals surface area (Å²) in [6.45, 7) is 0. The molecule has 33 heavy (non-hydrogen) atoms. The molecule has 2 aromatic rings. The highest BCUT2D eigenvalue weighted by atomic mass is 35.5. The van der Waals surface area contributed by atoms with Gasteiger partial charge in [-0.2, -0.15) is 0 Å². The SMILES string of the molecule is COC(=O)c1ccc(NC(=O)C[C@@H]2C(=O)N(c3ccc(Cl)cc3)C(=O)N2C2CCCC2)cc1. The van der Waals surface area contributed by atoms with Crippen LogP contribution >= 0.6 is 11.6 Å². The molecule has 0 aromatic heterocycles. The second kappa shape index (κ2) is 9.62. The molecule has 0 unspecified atom stereocenters. The molecule has 8 nitrogen and oxygen atoms in total. The van der Waals surface area contributed by atoms with Crippen LogP contribution in [0.25, 0.3) is 0 Å². The molecule has 2 fully saturated rings. The number of anilines is 2. The maximum Gasteiger partial charge on any atom is 0.337 e. The number of carbonyl (C=O) groups excluding carboxylic acids is 4. The van der Waals surface area contributed by atoms with Crippen molar-refractivity contribution in [3.05, 3.63) is 59.1 Å². The van der Waals surface area contributed by atoms with Crippen molar-refractivity contribution in [1.82, 2.24) is 4.90 Å². The van der Waals surface area contributed by atoms with E-state index < -0.39 is 29.9 Å². The van der Waals surface area contributed by atoms with Gasteiger partial charge in [0.05, 0.1) is 24.8 Å². The van der Waals surface area contributed by atoms with Crippen LogP contribution in [0.3, 0.4) is 0 Å². The number of hydrogen-bond donors (Lipinski definition) is 1. The van der Waals surface area contributed by atoms with Crippen molar-refractivity contribution in [2.45, 2.75) is 44.2 Å². The second-order valence-corrected chi connectivity index (χ2v) is 8.55. The molecule has 0 spiro atoms. The Kier molecular flexibility index (Phi) is 6.65. The third-order valence-corrected chi connectivity index (χ3v) is 6.28. The van der Waals surface area contributed by atoms with Gasteiger partial charge < -0.3 is 15.0 Å². The number of benzene rings is 2. The average molecular weight is 470 g/mol. The van der Waals surface area contributed by atoms with Crippen LogP contribution in [0, 0.1) is 0 Å². The van der Waals surface area contributed by atoms with Crippen molar-refractivity contribution in [2.75, 3.05) is 17.3 Å². The third-order valence-electron chi connectivity index (χ3n) is 6.02. The lowest BCUT2D eigenvalue weighted by Crippen LogP contribution is -2.43. The van der Waals surface area contributed by atoms with Crippen molar-refractivity contribution < 1.29 is 23.9 Å². The first-order valence-electron chi connectivity index (χ1n) is 10.8. The first-order chi connectivity index (χ1) is 15.9. The fourth-order valence-electron chi connectivity index (χ4n) is 4.41. The monoisotopic (exact) mass is 469 g/mol. The predicted molar refractivity (Wildman–Crippen MR) is 123 cm³/mol.